The Balaban J connectivity index is 1.69. The van der Waals surface area contributed by atoms with E-state index in [1.54, 1.807) is 0 Å². The third-order valence-corrected chi connectivity index (χ3v) is 9.19. The molecule has 4 fully saturated rings. The SMILES string of the molecule is C1CCCN2CCCCCCN3CCCCCCN(CCCCCCN(CC1)CCCC3)CCCC2. The zero-order valence-electron chi connectivity index (χ0n) is 24.4. The summed E-state index contributed by atoms with van der Waals surface area (Å²) in [6, 6.07) is 0. The molecule has 4 bridgehead atoms. The van der Waals surface area contributed by atoms with Crippen LogP contribution in [0.2, 0.25) is 0 Å². The Morgan fingerprint density at radius 2 is 0.250 bits per heavy atom. The lowest BCUT2D eigenvalue weighted by molar-refractivity contribution is 0.230. The molecule has 0 aromatic heterocycles. The zero-order chi connectivity index (χ0) is 24.9. The van der Waals surface area contributed by atoms with Crippen LogP contribution in [-0.4, -0.2) is 98.1 Å². The highest BCUT2D eigenvalue weighted by atomic mass is 15.1. The highest BCUT2D eigenvalue weighted by Crippen LogP contribution is 2.14. The molecular weight excluding hydrogens is 440 g/mol. The molecule has 4 aliphatic rings. The summed E-state index contributed by atoms with van der Waals surface area (Å²) in [5.74, 6) is 0. The van der Waals surface area contributed by atoms with Crippen molar-refractivity contribution in [1.82, 2.24) is 19.6 Å². The molecule has 0 unspecified atom stereocenters. The molecule has 4 heterocycles. The number of nitrogens with zero attached hydrogens (tertiary/aromatic N) is 4. The lowest BCUT2D eigenvalue weighted by Gasteiger charge is -2.25. The van der Waals surface area contributed by atoms with E-state index < -0.39 is 0 Å². The van der Waals surface area contributed by atoms with E-state index in [9.17, 15) is 0 Å². The van der Waals surface area contributed by atoms with Crippen molar-refractivity contribution in [1.29, 1.82) is 0 Å². The van der Waals surface area contributed by atoms with Crippen LogP contribution < -0.4 is 0 Å². The van der Waals surface area contributed by atoms with Crippen molar-refractivity contribution < 1.29 is 0 Å². The molecule has 0 aromatic rings. The van der Waals surface area contributed by atoms with Gasteiger partial charge in [-0.2, -0.15) is 0 Å². The van der Waals surface area contributed by atoms with Crippen molar-refractivity contribution in [3.8, 4) is 0 Å². The topological polar surface area (TPSA) is 13.0 Å². The van der Waals surface area contributed by atoms with Gasteiger partial charge in [0.1, 0.15) is 0 Å². The van der Waals surface area contributed by atoms with Gasteiger partial charge in [-0.25, -0.2) is 0 Å². The normalized spacial score (nSPS) is 33.3. The molecule has 0 radical (unpaired) electrons. The fraction of sp³-hybridized carbons (Fsp3) is 1.00. The van der Waals surface area contributed by atoms with Crippen LogP contribution in [-0.2, 0) is 0 Å². The highest BCUT2D eigenvalue weighted by molar-refractivity contribution is 4.68. The van der Waals surface area contributed by atoms with Gasteiger partial charge in [-0.1, -0.05) is 51.4 Å². The van der Waals surface area contributed by atoms with Gasteiger partial charge in [0.25, 0.3) is 0 Å². The Kier molecular flexibility index (Phi) is 17.5. The third-order valence-electron chi connectivity index (χ3n) is 9.19. The Morgan fingerprint density at radius 3 is 0.389 bits per heavy atom. The Bertz CT molecular complexity index is 379. The molecule has 4 aliphatic heterocycles. The maximum Gasteiger partial charge on any atom is -0.00183 e. The molecule has 0 aromatic carbocycles. The first-order chi connectivity index (χ1) is 17.9. The van der Waals surface area contributed by atoms with Gasteiger partial charge in [-0.15, -0.1) is 0 Å². The standard InChI is InChI=1S/C32H64N4/c1-2-10-22-34-24-12-5-6-14-26-35-27-15-7-8-16-28-36(32-20-19-30-34)25-13-4-3-11-23-33(21-9-1)29-17-18-31-35/h1-32H2. The van der Waals surface area contributed by atoms with Crippen molar-refractivity contribution in [3.63, 3.8) is 0 Å². The fourth-order valence-electron chi connectivity index (χ4n) is 6.78. The van der Waals surface area contributed by atoms with E-state index in [-0.39, 0.29) is 0 Å². The lowest BCUT2D eigenvalue weighted by atomic mass is 10.1. The molecule has 212 valence electrons. The van der Waals surface area contributed by atoms with Gasteiger partial charge >= 0.3 is 0 Å². The van der Waals surface area contributed by atoms with Crippen LogP contribution in [0.5, 0.6) is 0 Å². The van der Waals surface area contributed by atoms with Crippen LogP contribution in [0.3, 0.4) is 0 Å². The van der Waals surface area contributed by atoms with E-state index >= 15 is 0 Å². The van der Waals surface area contributed by atoms with E-state index in [0.29, 0.717) is 0 Å². The predicted molar refractivity (Wildman–Crippen MR) is 158 cm³/mol. The zero-order valence-corrected chi connectivity index (χ0v) is 24.4. The fourth-order valence-corrected chi connectivity index (χ4v) is 6.78. The minimum absolute atomic E-state index is 1.34. The van der Waals surface area contributed by atoms with Crippen LogP contribution in [0.25, 0.3) is 0 Å². The molecule has 0 N–H and O–H groups in total. The first kappa shape index (κ1) is 30.4. The van der Waals surface area contributed by atoms with Gasteiger partial charge < -0.3 is 19.6 Å². The van der Waals surface area contributed by atoms with Crippen LogP contribution >= 0.6 is 0 Å². The van der Waals surface area contributed by atoms with Crippen molar-refractivity contribution in [2.75, 3.05) is 78.5 Å². The van der Waals surface area contributed by atoms with Gasteiger partial charge in [0.15, 0.2) is 0 Å². The maximum absolute atomic E-state index is 2.85. The molecule has 0 aliphatic carbocycles. The summed E-state index contributed by atoms with van der Waals surface area (Å²) in [7, 11) is 0. The number of hydrogen-bond donors (Lipinski definition) is 0. The summed E-state index contributed by atoms with van der Waals surface area (Å²) in [5, 5.41) is 0. The summed E-state index contributed by atoms with van der Waals surface area (Å²) < 4.78 is 0. The second-order valence-electron chi connectivity index (χ2n) is 12.4. The minimum Gasteiger partial charge on any atom is -0.303 e. The van der Waals surface area contributed by atoms with Crippen LogP contribution in [0.1, 0.15) is 128 Å². The first-order valence-corrected chi connectivity index (χ1v) is 16.8. The van der Waals surface area contributed by atoms with E-state index in [1.165, 1.54) is 207 Å². The van der Waals surface area contributed by atoms with Crippen LogP contribution in [0.15, 0.2) is 0 Å². The van der Waals surface area contributed by atoms with Crippen molar-refractivity contribution >= 4 is 0 Å². The molecule has 36 heavy (non-hydrogen) atoms. The average molecular weight is 505 g/mol. The molecule has 4 nitrogen and oxygen atoms in total. The molecule has 4 rings (SSSR count). The number of rotatable bonds is 0. The first-order valence-electron chi connectivity index (χ1n) is 16.8. The second-order valence-corrected chi connectivity index (χ2v) is 12.4. The van der Waals surface area contributed by atoms with Gasteiger partial charge in [0.05, 0.1) is 0 Å². The molecule has 0 saturated carbocycles. The van der Waals surface area contributed by atoms with Crippen molar-refractivity contribution in [2.24, 2.45) is 0 Å². The molecule has 0 atom stereocenters. The van der Waals surface area contributed by atoms with Crippen molar-refractivity contribution in [3.05, 3.63) is 0 Å². The summed E-state index contributed by atoms with van der Waals surface area (Å²) in [6.45, 7) is 16.2. The highest BCUT2D eigenvalue weighted by Gasteiger charge is 2.12. The monoisotopic (exact) mass is 505 g/mol. The smallest absolute Gasteiger partial charge is 0.00183 e. The number of hydrogen-bond acceptors (Lipinski definition) is 4. The van der Waals surface area contributed by atoms with Gasteiger partial charge in [0.2, 0.25) is 0 Å². The van der Waals surface area contributed by atoms with Crippen LogP contribution in [0, 0.1) is 0 Å². The van der Waals surface area contributed by atoms with Gasteiger partial charge in [0, 0.05) is 0 Å². The Hall–Kier alpha value is -0.160. The lowest BCUT2D eigenvalue weighted by Crippen LogP contribution is -2.30. The average Bonchev–Trinajstić information content (AvgIpc) is 2.88. The minimum atomic E-state index is 1.34. The molecular formula is C32H64N4. The van der Waals surface area contributed by atoms with E-state index in [1.807, 2.05) is 0 Å². The molecule has 4 saturated heterocycles. The Morgan fingerprint density at radius 1 is 0.139 bits per heavy atom. The van der Waals surface area contributed by atoms with Gasteiger partial charge in [-0.05, 0) is 156 Å². The molecule has 0 amide bonds. The second kappa shape index (κ2) is 20.8. The van der Waals surface area contributed by atoms with E-state index in [0.717, 1.165) is 0 Å². The van der Waals surface area contributed by atoms with E-state index in [4.69, 9.17) is 0 Å². The molecule has 4 heteroatoms. The third kappa shape index (κ3) is 14.7. The summed E-state index contributed by atoms with van der Waals surface area (Å²) in [6.07, 6.45) is 28.5. The number of fused-ring (bicyclic) bond motifs is 26. The quantitative estimate of drug-likeness (QED) is 0.351. The van der Waals surface area contributed by atoms with Gasteiger partial charge in [-0.3, -0.25) is 0 Å². The van der Waals surface area contributed by atoms with E-state index in [2.05, 4.69) is 19.6 Å². The molecule has 0 spiro atoms. The maximum atomic E-state index is 2.85. The predicted octanol–water partition coefficient (Wildman–Crippen LogP) is 7.04. The summed E-state index contributed by atoms with van der Waals surface area (Å²) >= 11 is 0. The summed E-state index contributed by atoms with van der Waals surface area (Å²) in [4.78, 5) is 11.4. The largest absolute Gasteiger partial charge is 0.303 e. The van der Waals surface area contributed by atoms with Crippen molar-refractivity contribution in [2.45, 2.75) is 128 Å². The summed E-state index contributed by atoms with van der Waals surface area (Å²) in [5.41, 5.74) is 0. The Labute approximate surface area is 226 Å². The van der Waals surface area contributed by atoms with Crippen LogP contribution in [0.4, 0.5) is 0 Å².